The molecule has 3 N–H and O–H groups in total. The molecule has 6 atom stereocenters. The zero-order valence-corrected chi connectivity index (χ0v) is 24.2. The SMILES string of the molecule is C.C#CCC/C=C/C[C@@H](C)[C@H](C)O.CCC(=O)CCC[C@@H](C)[C@H](C)O.CCC/C=C/C[C@@H](C)[C@H](C)O. The van der Waals surface area contributed by atoms with Gasteiger partial charge in [0.15, 0.2) is 0 Å². The van der Waals surface area contributed by atoms with E-state index >= 15 is 0 Å². The van der Waals surface area contributed by atoms with Gasteiger partial charge in [-0.25, -0.2) is 0 Å². The molecule has 0 fully saturated rings. The Morgan fingerprint density at radius 2 is 1.22 bits per heavy atom. The van der Waals surface area contributed by atoms with Crippen molar-refractivity contribution in [2.24, 2.45) is 17.8 Å². The van der Waals surface area contributed by atoms with Crippen LogP contribution in [0.5, 0.6) is 0 Å². The number of aliphatic hydroxyl groups is 3. The Balaban J connectivity index is -0.000000211. The number of carbonyl (C=O) groups is 1. The van der Waals surface area contributed by atoms with E-state index in [0.29, 0.717) is 36.4 Å². The van der Waals surface area contributed by atoms with Crippen LogP contribution in [0, 0.1) is 30.1 Å². The first kappa shape index (κ1) is 41.7. The first-order valence-corrected chi connectivity index (χ1v) is 13.7. The summed E-state index contributed by atoms with van der Waals surface area (Å²) in [6.07, 6.45) is 22.2. The van der Waals surface area contributed by atoms with Crippen molar-refractivity contribution in [3.63, 3.8) is 0 Å². The van der Waals surface area contributed by atoms with E-state index in [-0.39, 0.29) is 25.7 Å². The van der Waals surface area contributed by atoms with E-state index in [1.54, 1.807) is 6.92 Å². The molecule has 36 heavy (non-hydrogen) atoms. The second-order valence-corrected chi connectivity index (χ2v) is 9.88. The third kappa shape index (κ3) is 32.6. The fraction of sp³-hybridized carbons (Fsp3) is 0.781. The number of hydrogen-bond acceptors (Lipinski definition) is 4. The standard InChI is InChI=1S/C11H18O.C10H20O2.C10H20O.CH4/c1-4-5-6-7-8-9-10(2)11(3)12;1-4-10(12)7-5-6-8(2)9(3)11;1-4-5-6-7-8-9(2)10(3)11;/h1,7-8,10-12H,5-6,9H2,2-3H3;8-9,11H,4-7H2,1-3H3;6-7,9-11H,4-5,8H2,1-3H3;1H4/b8-7+;;7-6+;/t10-,11+;8-,9+;9-,10+;/m111./s1. The molecule has 0 saturated carbocycles. The van der Waals surface area contributed by atoms with Crippen LogP contribution >= 0.6 is 0 Å². The van der Waals surface area contributed by atoms with Crippen molar-refractivity contribution in [3.05, 3.63) is 24.3 Å². The monoisotopic (exact) mass is 510 g/mol. The fourth-order valence-electron chi connectivity index (χ4n) is 2.62. The van der Waals surface area contributed by atoms with Gasteiger partial charge in [0.25, 0.3) is 0 Å². The summed E-state index contributed by atoms with van der Waals surface area (Å²) >= 11 is 0. The lowest BCUT2D eigenvalue weighted by molar-refractivity contribution is -0.118. The normalized spacial score (nSPS) is 15.7. The average Bonchev–Trinajstić information content (AvgIpc) is 2.81. The van der Waals surface area contributed by atoms with E-state index < -0.39 is 0 Å². The predicted octanol–water partition coefficient (Wildman–Crippen LogP) is 7.90. The molecule has 4 heteroatoms. The molecule has 0 aliphatic heterocycles. The number of rotatable bonds is 16. The molecule has 0 aromatic heterocycles. The van der Waals surface area contributed by atoms with E-state index in [2.05, 4.69) is 44.1 Å². The Kier molecular flexibility index (Phi) is 34.5. The van der Waals surface area contributed by atoms with Gasteiger partial charge in [0.05, 0.1) is 18.3 Å². The highest BCUT2D eigenvalue weighted by Gasteiger charge is 2.09. The third-order valence-electron chi connectivity index (χ3n) is 6.24. The summed E-state index contributed by atoms with van der Waals surface area (Å²) in [5, 5.41) is 27.5. The highest BCUT2D eigenvalue weighted by atomic mass is 16.3. The molecule has 0 aromatic carbocycles. The maximum absolute atomic E-state index is 10.9. The molecule has 0 amide bonds. The van der Waals surface area contributed by atoms with Crippen LogP contribution in [0.4, 0.5) is 0 Å². The molecule has 4 nitrogen and oxygen atoms in total. The van der Waals surface area contributed by atoms with Gasteiger partial charge in [0.1, 0.15) is 5.78 Å². The van der Waals surface area contributed by atoms with E-state index in [1.165, 1.54) is 6.42 Å². The second kappa shape index (κ2) is 29.8. The number of carbonyl (C=O) groups excluding carboxylic acids is 1. The van der Waals surface area contributed by atoms with Crippen molar-refractivity contribution in [1.29, 1.82) is 0 Å². The van der Waals surface area contributed by atoms with E-state index in [1.807, 2.05) is 34.6 Å². The smallest absolute Gasteiger partial charge is 0.132 e. The van der Waals surface area contributed by atoms with Crippen LogP contribution in [0.15, 0.2) is 24.3 Å². The minimum absolute atomic E-state index is 0. The molecule has 0 rings (SSSR count). The summed E-state index contributed by atoms with van der Waals surface area (Å²) in [7, 11) is 0. The van der Waals surface area contributed by atoms with Crippen LogP contribution in [0.3, 0.4) is 0 Å². The van der Waals surface area contributed by atoms with Crippen molar-refractivity contribution in [3.8, 4) is 12.3 Å². The molecule has 0 unspecified atom stereocenters. The number of unbranched alkanes of at least 4 members (excludes halogenated alkanes) is 2. The highest BCUT2D eigenvalue weighted by Crippen LogP contribution is 2.12. The Morgan fingerprint density at radius 1 is 0.778 bits per heavy atom. The van der Waals surface area contributed by atoms with E-state index in [9.17, 15) is 4.79 Å². The number of hydrogen-bond donors (Lipinski definition) is 3. The minimum atomic E-state index is -0.248. The maximum atomic E-state index is 10.9. The van der Waals surface area contributed by atoms with Crippen molar-refractivity contribution in [2.45, 2.75) is 145 Å². The molecule has 0 spiro atoms. The largest absolute Gasteiger partial charge is 0.393 e. The summed E-state index contributed by atoms with van der Waals surface area (Å²) in [6.45, 7) is 15.6. The summed E-state index contributed by atoms with van der Waals surface area (Å²) in [5.41, 5.74) is 0. The van der Waals surface area contributed by atoms with Crippen LogP contribution < -0.4 is 0 Å². The first-order valence-electron chi connectivity index (χ1n) is 13.7. The first-order chi connectivity index (χ1) is 16.4. The second-order valence-electron chi connectivity index (χ2n) is 9.88. The van der Waals surface area contributed by atoms with Crippen LogP contribution in [-0.2, 0) is 4.79 Å². The van der Waals surface area contributed by atoms with Gasteiger partial charge >= 0.3 is 0 Å². The minimum Gasteiger partial charge on any atom is -0.393 e. The van der Waals surface area contributed by atoms with E-state index in [0.717, 1.165) is 44.9 Å². The zero-order chi connectivity index (χ0) is 27.6. The average molecular weight is 511 g/mol. The predicted molar refractivity (Wildman–Crippen MR) is 159 cm³/mol. The van der Waals surface area contributed by atoms with Gasteiger partial charge < -0.3 is 15.3 Å². The highest BCUT2D eigenvalue weighted by molar-refractivity contribution is 5.77. The van der Waals surface area contributed by atoms with Crippen LogP contribution in [0.25, 0.3) is 0 Å². The van der Waals surface area contributed by atoms with Gasteiger partial charge in [0.2, 0.25) is 0 Å². The number of aliphatic hydroxyl groups excluding tert-OH is 3. The number of Topliss-reactive ketones (excluding diaryl/α,β-unsaturated/α-hetero) is 1. The lowest BCUT2D eigenvalue weighted by Gasteiger charge is -2.13. The quantitative estimate of drug-likeness (QED) is 0.112. The summed E-state index contributed by atoms with van der Waals surface area (Å²) in [5.74, 6) is 3.95. The van der Waals surface area contributed by atoms with Crippen LogP contribution in [-0.4, -0.2) is 39.4 Å². The Morgan fingerprint density at radius 3 is 1.58 bits per heavy atom. The lowest BCUT2D eigenvalue weighted by Crippen LogP contribution is -2.13. The molecule has 0 aliphatic rings. The lowest BCUT2D eigenvalue weighted by atomic mass is 9.98. The Labute approximate surface area is 225 Å². The van der Waals surface area contributed by atoms with Gasteiger partial charge in [0, 0.05) is 19.3 Å². The third-order valence-corrected chi connectivity index (χ3v) is 6.24. The van der Waals surface area contributed by atoms with Crippen molar-refractivity contribution >= 4 is 5.78 Å². The fourth-order valence-corrected chi connectivity index (χ4v) is 2.62. The molecule has 0 saturated heterocycles. The summed E-state index contributed by atoms with van der Waals surface area (Å²) in [6, 6.07) is 0. The van der Waals surface area contributed by atoms with Crippen LogP contribution in [0.2, 0.25) is 0 Å². The molecule has 0 heterocycles. The van der Waals surface area contributed by atoms with Gasteiger partial charge in [-0.2, -0.15) is 0 Å². The van der Waals surface area contributed by atoms with Gasteiger partial charge in [-0.05, 0) is 77.0 Å². The van der Waals surface area contributed by atoms with Crippen molar-refractivity contribution < 1.29 is 20.1 Å². The topological polar surface area (TPSA) is 77.8 Å². The Hall–Kier alpha value is -1.41. The molecule has 0 aromatic rings. The Bertz CT molecular complexity index is 555. The molecule has 0 aliphatic carbocycles. The van der Waals surface area contributed by atoms with E-state index in [4.69, 9.17) is 21.7 Å². The van der Waals surface area contributed by atoms with Gasteiger partial charge in [-0.3, -0.25) is 4.79 Å². The van der Waals surface area contributed by atoms with Crippen molar-refractivity contribution in [1.82, 2.24) is 0 Å². The molecular weight excluding hydrogens is 448 g/mol. The summed E-state index contributed by atoms with van der Waals surface area (Å²) < 4.78 is 0. The molecular formula is C32H62O4. The number of allylic oxidation sites excluding steroid dienone is 4. The maximum Gasteiger partial charge on any atom is 0.132 e. The summed E-state index contributed by atoms with van der Waals surface area (Å²) in [4.78, 5) is 10.9. The van der Waals surface area contributed by atoms with Gasteiger partial charge in [-0.15, -0.1) is 12.3 Å². The van der Waals surface area contributed by atoms with Gasteiger partial charge in [-0.1, -0.05) is 72.8 Å². The number of ketones is 1. The van der Waals surface area contributed by atoms with Crippen LogP contribution in [0.1, 0.15) is 127 Å². The number of terminal acetylenes is 1. The molecule has 0 radical (unpaired) electrons. The molecule has 0 bridgehead atoms. The van der Waals surface area contributed by atoms with Crippen molar-refractivity contribution in [2.75, 3.05) is 0 Å². The molecule has 214 valence electrons. The zero-order valence-electron chi connectivity index (χ0n) is 24.2.